The van der Waals surface area contributed by atoms with Gasteiger partial charge in [0.25, 0.3) is 5.91 Å². The Morgan fingerprint density at radius 3 is 2.51 bits per heavy atom. The lowest BCUT2D eigenvalue weighted by molar-refractivity contribution is 0.0713. The molecular weight excluding hydrogens is 565 g/mol. The minimum atomic E-state index is -4.32. The van der Waals surface area contributed by atoms with Gasteiger partial charge in [0, 0.05) is 31.5 Å². The first-order valence-electron chi connectivity index (χ1n) is 13.2. The van der Waals surface area contributed by atoms with Crippen molar-refractivity contribution in [2.24, 2.45) is 5.14 Å². The van der Waals surface area contributed by atoms with Gasteiger partial charge in [0.1, 0.15) is 27.9 Å². The van der Waals surface area contributed by atoms with E-state index in [9.17, 15) is 17.6 Å². The van der Waals surface area contributed by atoms with E-state index >= 15 is 0 Å². The van der Waals surface area contributed by atoms with Gasteiger partial charge in [-0.15, -0.1) is 0 Å². The van der Waals surface area contributed by atoms with E-state index in [4.69, 9.17) is 17.4 Å². The number of fused-ring (bicyclic) bond motifs is 1. The van der Waals surface area contributed by atoms with Crippen LogP contribution in [0.15, 0.2) is 59.6 Å². The van der Waals surface area contributed by atoms with Crippen LogP contribution < -0.4 is 15.8 Å². The zero-order chi connectivity index (χ0) is 29.3. The Hall–Kier alpha value is -3.94. The van der Waals surface area contributed by atoms with Crippen LogP contribution in [0.3, 0.4) is 0 Å². The molecule has 1 aliphatic heterocycles. The van der Waals surface area contributed by atoms with Gasteiger partial charge in [0.05, 0.1) is 0 Å². The van der Waals surface area contributed by atoms with Gasteiger partial charge in [0.15, 0.2) is 10.5 Å². The van der Waals surface area contributed by atoms with Crippen molar-refractivity contribution in [1.82, 2.24) is 24.8 Å². The molecule has 10 nitrogen and oxygen atoms in total. The summed E-state index contributed by atoms with van der Waals surface area (Å²) in [5, 5.41) is 16.1. The third-order valence-corrected chi connectivity index (χ3v) is 8.45. The summed E-state index contributed by atoms with van der Waals surface area (Å²) in [4.78, 5) is 19.7. The molecule has 0 unspecified atom stereocenters. The average molecular weight is 596 g/mol. The number of rotatable bonds is 7. The van der Waals surface area contributed by atoms with Crippen molar-refractivity contribution in [1.29, 1.82) is 0 Å². The quantitative estimate of drug-likeness (QED) is 0.274. The number of anilines is 2. The van der Waals surface area contributed by atoms with Crippen LogP contribution in [0.25, 0.3) is 5.65 Å². The molecule has 4 N–H and O–H groups in total. The summed E-state index contributed by atoms with van der Waals surface area (Å²) in [6.45, 7) is 5.00. The highest BCUT2D eigenvalue weighted by Gasteiger charge is 2.31. The third-order valence-electron chi connectivity index (χ3n) is 7.16. The van der Waals surface area contributed by atoms with Crippen LogP contribution in [0.5, 0.6) is 0 Å². The van der Waals surface area contributed by atoms with Crippen molar-refractivity contribution >= 4 is 50.3 Å². The number of nitrogens with one attached hydrogen (secondary N) is 2. The third kappa shape index (κ3) is 5.78. The molecule has 0 spiro atoms. The first-order chi connectivity index (χ1) is 19.6. The molecule has 0 radical (unpaired) electrons. The summed E-state index contributed by atoms with van der Waals surface area (Å²) < 4.78 is 40.4. The van der Waals surface area contributed by atoms with Gasteiger partial charge < -0.3 is 15.5 Å². The van der Waals surface area contributed by atoms with E-state index < -0.39 is 15.8 Å². The molecule has 0 bridgehead atoms. The van der Waals surface area contributed by atoms with Crippen LogP contribution in [0.4, 0.5) is 15.9 Å². The number of benzene rings is 2. The maximum absolute atomic E-state index is 13.9. The van der Waals surface area contributed by atoms with E-state index in [2.05, 4.69) is 32.8 Å². The largest absolute Gasteiger partial charge is 0.375 e. The first kappa shape index (κ1) is 28.6. The molecule has 4 aromatic rings. The Labute approximate surface area is 242 Å². The van der Waals surface area contributed by atoms with Crippen LogP contribution >= 0.6 is 12.2 Å². The molecule has 2 aromatic heterocycles. The number of halogens is 1. The van der Waals surface area contributed by atoms with Gasteiger partial charge in [-0.2, -0.15) is 9.61 Å². The van der Waals surface area contributed by atoms with Crippen molar-refractivity contribution in [3.05, 3.63) is 82.9 Å². The second-order valence-electron chi connectivity index (χ2n) is 9.90. The molecule has 2 aromatic carbocycles. The van der Waals surface area contributed by atoms with Gasteiger partial charge >= 0.3 is 0 Å². The van der Waals surface area contributed by atoms with Gasteiger partial charge in [0.2, 0.25) is 10.0 Å². The van der Waals surface area contributed by atoms with Crippen molar-refractivity contribution in [3.63, 3.8) is 0 Å². The van der Waals surface area contributed by atoms with E-state index in [1.165, 1.54) is 34.5 Å². The highest BCUT2D eigenvalue weighted by atomic mass is 32.2. The molecule has 41 heavy (non-hydrogen) atoms. The summed E-state index contributed by atoms with van der Waals surface area (Å²) in [6.07, 6.45) is 2.91. The number of sulfonamides is 1. The summed E-state index contributed by atoms with van der Waals surface area (Å²) in [5.41, 5.74) is 2.31. The normalized spacial score (nSPS) is 14.3. The fourth-order valence-corrected chi connectivity index (χ4v) is 6.26. The molecule has 1 fully saturated rings. The maximum Gasteiger partial charge on any atom is 0.259 e. The van der Waals surface area contributed by atoms with Gasteiger partial charge in [-0.05, 0) is 61.9 Å². The smallest absolute Gasteiger partial charge is 0.259 e. The van der Waals surface area contributed by atoms with E-state index in [0.717, 1.165) is 12.8 Å². The summed E-state index contributed by atoms with van der Waals surface area (Å²) in [5.74, 6) is -0.204. The number of amides is 1. The minimum absolute atomic E-state index is 0.0711. The van der Waals surface area contributed by atoms with E-state index in [0.29, 0.717) is 36.8 Å². The molecule has 3 heterocycles. The fourth-order valence-electron chi connectivity index (χ4n) is 5.10. The monoisotopic (exact) mass is 595 g/mol. The lowest BCUT2D eigenvalue weighted by Crippen LogP contribution is -2.38. The predicted octanol–water partition coefficient (Wildman–Crippen LogP) is 3.87. The minimum Gasteiger partial charge on any atom is -0.375 e. The molecule has 1 aliphatic rings. The molecule has 0 saturated carbocycles. The molecule has 0 atom stereocenters. The second-order valence-corrected chi connectivity index (χ2v) is 11.8. The molecule has 1 amide bonds. The zero-order valence-electron chi connectivity index (χ0n) is 22.6. The number of primary sulfonamides is 1. The fraction of sp³-hybridized carbons (Fsp3) is 0.286. The lowest BCUT2D eigenvalue weighted by atomic mass is 9.89. The van der Waals surface area contributed by atoms with Crippen molar-refractivity contribution in [2.45, 2.75) is 37.5 Å². The molecule has 1 saturated heterocycles. The first-order valence-corrected chi connectivity index (χ1v) is 15.1. The average Bonchev–Trinajstić information content (AvgIpc) is 3.36. The number of likely N-dealkylation sites (tertiary alicyclic amines) is 1. The summed E-state index contributed by atoms with van der Waals surface area (Å²) >= 11 is 5.39. The highest BCUT2D eigenvalue weighted by Crippen LogP contribution is 2.32. The summed E-state index contributed by atoms with van der Waals surface area (Å²) in [7, 11) is -4.32. The molecule has 0 aliphatic carbocycles. The number of hydrogen-bond acceptors (Lipinski definition) is 7. The van der Waals surface area contributed by atoms with E-state index in [-0.39, 0.29) is 38.5 Å². The molecule has 13 heteroatoms. The molecule has 214 valence electrons. The Bertz CT molecular complexity index is 1730. The Kier molecular flexibility index (Phi) is 8.02. The highest BCUT2D eigenvalue weighted by molar-refractivity contribution is 7.89. The van der Waals surface area contributed by atoms with Crippen molar-refractivity contribution in [3.8, 4) is 0 Å². The topological polar surface area (TPSA) is 135 Å². The van der Waals surface area contributed by atoms with Gasteiger partial charge in [-0.1, -0.05) is 42.5 Å². The Morgan fingerprint density at radius 1 is 1.17 bits per heavy atom. The number of carbonyl (C=O) groups is 1. The van der Waals surface area contributed by atoms with Crippen LogP contribution in [-0.4, -0.2) is 58.4 Å². The van der Waals surface area contributed by atoms with Crippen LogP contribution in [0.1, 0.15) is 52.9 Å². The zero-order valence-corrected chi connectivity index (χ0v) is 24.2. The number of nitrogens with two attached hydrogens (primary N) is 1. The van der Waals surface area contributed by atoms with E-state index in [1.807, 2.05) is 18.2 Å². The van der Waals surface area contributed by atoms with Crippen molar-refractivity contribution < 1.29 is 17.6 Å². The number of thiocarbonyl (C=S) groups is 1. The maximum atomic E-state index is 13.9. The van der Waals surface area contributed by atoms with Gasteiger partial charge in [-0.3, -0.25) is 4.79 Å². The van der Waals surface area contributed by atoms with Crippen LogP contribution in [-0.2, 0) is 10.0 Å². The lowest BCUT2D eigenvalue weighted by Gasteiger charge is -2.32. The number of piperidine rings is 1. The molecular formula is C28H30FN7O3S2. The Morgan fingerprint density at radius 2 is 1.88 bits per heavy atom. The van der Waals surface area contributed by atoms with Crippen LogP contribution in [0, 0.1) is 12.7 Å². The number of nitrogens with zero attached hydrogens (tertiary/aromatic N) is 4. The Balaban J connectivity index is 1.60. The molecule has 5 rings (SSSR count). The number of hydrogen-bond donors (Lipinski definition) is 3. The number of aromatic nitrogens is 3. The SMILES string of the molecule is CCNC(=S)c1nn2c(Nc3ccc(F)cc3C)c(C(=O)N3CCC(c4ccccc4)CC3)cnc2c1S(N)(=O)=O. The van der Waals surface area contributed by atoms with Crippen molar-refractivity contribution in [2.75, 3.05) is 25.0 Å². The number of carbonyl (C=O) groups excluding carboxylic acids is 1. The van der Waals surface area contributed by atoms with Gasteiger partial charge in [-0.25, -0.2) is 22.9 Å². The van der Waals surface area contributed by atoms with E-state index in [1.54, 1.807) is 18.7 Å². The van der Waals surface area contributed by atoms with Crippen LogP contribution in [0.2, 0.25) is 0 Å². The summed E-state index contributed by atoms with van der Waals surface area (Å²) in [6, 6.07) is 14.4. The second kappa shape index (κ2) is 11.5. The number of aryl methyl sites for hydroxylation is 1. The standard InChI is InChI=1S/C28H30FN7O3S2/c1-3-31-27(40)23-24(41(30,38)39)26-32-16-21(25(36(26)34-23)33-22-10-9-20(29)15-17(22)2)28(37)35-13-11-19(12-14-35)18-7-5-4-6-8-18/h4-10,15-16,19,33H,3,11-14H2,1-2H3,(H,31,40)(H2,30,38,39). The predicted molar refractivity (Wildman–Crippen MR) is 158 cm³/mol.